The molecule has 2 N–H and O–H groups in total. The Labute approximate surface area is 147 Å². The SMILES string of the molecule is Cl.O=C(CNCC1CC1)Nc1cc(F)ccc1OCC1CCCO1. The summed E-state index contributed by atoms with van der Waals surface area (Å²) in [5.74, 6) is 0.577. The van der Waals surface area contributed by atoms with Crippen LogP contribution in [-0.2, 0) is 9.53 Å². The van der Waals surface area contributed by atoms with Crippen molar-refractivity contribution in [3.8, 4) is 5.75 Å². The van der Waals surface area contributed by atoms with Gasteiger partial charge in [-0.25, -0.2) is 4.39 Å². The smallest absolute Gasteiger partial charge is 0.238 e. The number of nitrogens with one attached hydrogen (secondary N) is 2. The first-order valence-corrected chi connectivity index (χ1v) is 8.25. The molecule has 1 atom stereocenters. The van der Waals surface area contributed by atoms with Gasteiger partial charge in [0.05, 0.1) is 18.3 Å². The molecule has 0 aromatic heterocycles. The van der Waals surface area contributed by atoms with Crippen molar-refractivity contribution in [3.63, 3.8) is 0 Å². The number of ether oxygens (including phenoxy) is 2. The fraction of sp³-hybridized carbons (Fsp3) is 0.588. The quantitative estimate of drug-likeness (QED) is 0.750. The zero-order valence-electron chi connectivity index (χ0n) is 13.6. The molecule has 0 bridgehead atoms. The van der Waals surface area contributed by atoms with Crippen molar-refractivity contribution in [1.29, 1.82) is 0 Å². The third kappa shape index (κ3) is 5.92. The number of hydrogen-bond acceptors (Lipinski definition) is 4. The minimum absolute atomic E-state index is 0. The van der Waals surface area contributed by atoms with E-state index in [0.717, 1.165) is 26.0 Å². The fourth-order valence-corrected chi connectivity index (χ4v) is 2.59. The Hall–Kier alpha value is -1.37. The van der Waals surface area contributed by atoms with Gasteiger partial charge < -0.3 is 20.1 Å². The number of halogens is 2. The summed E-state index contributed by atoms with van der Waals surface area (Å²) >= 11 is 0. The van der Waals surface area contributed by atoms with Crippen molar-refractivity contribution >= 4 is 24.0 Å². The zero-order chi connectivity index (χ0) is 16.1. The number of amides is 1. The number of benzene rings is 1. The van der Waals surface area contributed by atoms with Gasteiger partial charge in [0.1, 0.15) is 18.2 Å². The van der Waals surface area contributed by atoms with Gasteiger partial charge in [-0.2, -0.15) is 0 Å². The van der Waals surface area contributed by atoms with Crippen LogP contribution in [0.25, 0.3) is 0 Å². The van der Waals surface area contributed by atoms with Crippen molar-refractivity contribution in [2.45, 2.75) is 31.8 Å². The number of anilines is 1. The molecule has 0 spiro atoms. The molecule has 7 heteroatoms. The largest absolute Gasteiger partial charge is 0.489 e. The number of carbonyl (C=O) groups is 1. The van der Waals surface area contributed by atoms with Crippen LogP contribution in [0.3, 0.4) is 0 Å². The van der Waals surface area contributed by atoms with E-state index in [0.29, 0.717) is 24.0 Å². The molecule has 3 rings (SSSR count). The van der Waals surface area contributed by atoms with Crippen LogP contribution in [0.5, 0.6) is 5.75 Å². The highest BCUT2D eigenvalue weighted by Gasteiger charge is 2.21. The maximum atomic E-state index is 13.5. The lowest BCUT2D eigenvalue weighted by Crippen LogP contribution is -2.29. The average Bonchev–Trinajstić information content (AvgIpc) is 3.20. The first-order valence-electron chi connectivity index (χ1n) is 8.25. The van der Waals surface area contributed by atoms with Crippen LogP contribution < -0.4 is 15.4 Å². The predicted octanol–water partition coefficient (Wildman–Crippen LogP) is 2.74. The molecule has 1 aromatic rings. The highest BCUT2D eigenvalue weighted by atomic mass is 35.5. The van der Waals surface area contributed by atoms with Crippen molar-refractivity contribution in [2.75, 3.05) is 31.6 Å². The standard InChI is InChI=1S/C17H23FN2O3.ClH/c18-13-5-6-16(23-11-14-2-1-7-22-14)15(8-13)20-17(21)10-19-9-12-3-4-12;/h5-6,8,12,14,19H,1-4,7,9-11H2,(H,20,21);1H. The lowest BCUT2D eigenvalue weighted by atomic mass is 10.2. The number of rotatable bonds is 8. The molecular formula is C17H24ClFN2O3. The van der Waals surface area contributed by atoms with Gasteiger partial charge in [-0.1, -0.05) is 0 Å². The molecule has 2 fully saturated rings. The lowest BCUT2D eigenvalue weighted by molar-refractivity contribution is -0.115. The van der Waals surface area contributed by atoms with E-state index < -0.39 is 5.82 Å². The molecule has 1 heterocycles. The summed E-state index contributed by atoms with van der Waals surface area (Å²) in [4.78, 5) is 12.0. The third-order valence-electron chi connectivity index (χ3n) is 4.08. The lowest BCUT2D eigenvalue weighted by Gasteiger charge is -2.15. The Bertz CT molecular complexity index is 549. The summed E-state index contributed by atoms with van der Waals surface area (Å²) in [6, 6.07) is 4.15. The van der Waals surface area contributed by atoms with Crippen LogP contribution in [-0.4, -0.2) is 38.3 Å². The van der Waals surface area contributed by atoms with Gasteiger partial charge in [-0.3, -0.25) is 4.79 Å². The summed E-state index contributed by atoms with van der Waals surface area (Å²) in [7, 11) is 0. The number of hydrogen-bond donors (Lipinski definition) is 2. The minimum Gasteiger partial charge on any atom is -0.489 e. The first kappa shape index (κ1) is 19.0. The summed E-state index contributed by atoms with van der Waals surface area (Å²) in [5.41, 5.74) is 0.362. The molecule has 1 aliphatic heterocycles. The van der Waals surface area contributed by atoms with Crippen molar-refractivity contribution in [2.24, 2.45) is 5.92 Å². The summed E-state index contributed by atoms with van der Waals surface area (Å²) in [6.07, 6.45) is 4.55. The third-order valence-corrected chi connectivity index (χ3v) is 4.08. The van der Waals surface area contributed by atoms with Crippen LogP contribution in [0.2, 0.25) is 0 Å². The molecule has 24 heavy (non-hydrogen) atoms. The van der Waals surface area contributed by atoms with Gasteiger partial charge >= 0.3 is 0 Å². The van der Waals surface area contributed by atoms with Crippen LogP contribution in [0, 0.1) is 11.7 Å². The molecule has 2 aliphatic rings. The molecule has 1 saturated heterocycles. The predicted molar refractivity (Wildman–Crippen MR) is 92.3 cm³/mol. The second kappa shape index (κ2) is 9.20. The van der Waals surface area contributed by atoms with Gasteiger partial charge in [0.2, 0.25) is 5.91 Å². The fourth-order valence-electron chi connectivity index (χ4n) is 2.59. The van der Waals surface area contributed by atoms with Crippen molar-refractivity contribution in [3.05, 3.63) is 24.0 Å². The molecule has 1 unspecified atom stereocenters. The van der Waals surface area contributed by atoms with Gasteiger partial charge in [0.25, 0.3) is 0 Å². The van der Waals surface area contributed by atoms with Gasteiger partial charge in [-0.05, 0) is 50.3 Å². The maximum absolute atomic E-state index is 13.5. The average molecular weight is 359 g/mol. The van der Waals surface area contributed by atoms with Crippen molar-refractivity contribution < 1.29 is 18.7 Å². The van der Waals surface area contributed by atoms with Crippen molar-refractivity contribution in [1.82, 2.24) is 5.32 Å². The minimum atomic E-state index is -0.407. The monoisotopic (exact) mass is 358 g/mol. The van der Waals surface area contributed by atoms with E-state index in [2.05, 4.69) is 10.6 Å². The Morgan fingerprint density at radius 2 is 2.17 bits per heavy atom. The van der Waals surface area contributed by atoms with Crippen LogP contribution in [0.1, 0.15) is 25.7 Å². The van der Waals surface area contributed by atoms with E-state index in [9.17, 15) is 9.18 Å². The molecule has 1 saturated carbocycles. The number of carbonyl (C=O) groups excluding carboxylic acids is 1. The second-order valence-corrected chi connectivity index (χ2v) is 6.21. The molecule has 1 aliphatic carbocycles. The molecular weight excluding hydrogens is 335 g/mol. The molecule has 1 aromatic carbocycles. The van der Waals surface area contributed by atoms with Gasteiger partial charge in [0.15, 0.2) is 0 Å². The Morgan fingerprint density at radius 3 is 2.88 bits per heavy atom. The molecule has 0 radical (unpaired) electrons. The molecule has 5 nitrogen and oxygen atoms in total. The summed E-state index contributed by atoms with van der Waals surface area (Å²) in [6.45, 7) is 2.25. The van der Waals surface area contributed by atoms with E-state index >= 15 is 0 Å². The van der Waals surface area contributed by atoms with Crippen LogP contribution >= 0.6 is 12.4 Å². The first-order chi connectivity index (χ1) is 11.2. The maximum Gasteiger partial charge on any atom is 0.238 e. The van der Waals surface area contributed by atoms with E-state index in [1.54, 1.807) is 0 Å². The second-order valence-electron chi connectivity index (χ2n) is 6.21. The molecule has 134 valence electrons. The van der Waals surface area contributed by atoms with Crippen LogP contribution in [0.15, 0.2) is 18.2 Å². The molecule has 1 amide bonds. The normalized spacial score (nSPS) is 19.6. The van der Waals surface area contributed by atoms with E-state index in [4.69, 9.17) is 9.47 Å². The summed E-state index contributed by atoms with van der Waals surface area (Å²) < 4.78 is 24.7. The topological polar surface area (TPSA) is 59.6 Å². The highest BCUT2D eigenvalue weighted by molar-refractivity contribution is 5.93. The summed E-state index contributed by atoms with van der Waals surface area (Å²) in [5, 5.41) is 5.83. The van der Waals surface area contributed by atoms with Crippen LogP contribution in [0.4, 0.5) is 10.1 Å². The zero-order valence-corrected chi connectivity index (χ0v) is 14.4. The van der Waals surface area contributed by atoms with E-state index in [1.165, 1.54) is 31.0 Å². The highest BCUT2D eigenvalue weighted by Crippen LogP contribution is 2.28. The Morgan fingerprint density at radius 1 is 1.33 bits per heavy atom. The van der Waals surface area contributed by atoms with E-state index in [-0.39, 0.29) is 31.0 Å². The Balaban J connectivity index is 0.00000208. The van der Waals surface area contributed by atoms with Gasteiger partial charge in [0, 0.05) is 12.7 Å². The van der Waals surface area contributed by atoms with E-state index in [1.807, 2.05) is 0 Å². The van der Waals surface area contributed by atoms with Gasteiger partial charge in [-0.15, -0.1) is 12.4 Å². The Kier molecular flexibility index (Phi) is 7.27.